The molecule has 2 N–H and O–H groups in total. The van der Waals surface area contributed by atoms with Crippen molar-refractivity contribution in [2.75, 3.05) is 13.7 Å². The molecule has 2 amide bonds. The summed E-state index contributed by atoms with van der Waals surface area (Å²) in [7, 11) is 1.50. The fourth-order valence-corrected chi connectivity index (χ4v) is 4.89. The topological polar surface area (TPSA) is 120 Å². The highest BCUT2D eigenvalue weighted by Gasteiger charge is 2.30. The van der Waals surface area contributed by atoms with Gasteiger partial charge in [-0.15, -0.1) is 0 Å². The predicted octanol–water partition coefficient (Wildman–Crippen LogP) is 5.06. The molecule has 0 spiro atoms. The van der Waals surface area contributed by atoms with Crippen LogP contribution in [0.5, 0.6) is 5.75 Å². The summed E-state index contributed by atoms with van der Waals surface area (Å²) in [6.45, 7) is 5.70. The van der Waals surface area contributed by atoms with Crippen LogP contribution in [-0.2, 0) is 35.1 Å². The van der Waals surface area contributed by atoms with Crippen LogP contribution in [0.25, 0.3) is 6.08 Å². The van der Waals surface area contributed by atoms with E-state index in [9.17, 15) is 19.2 Å². The number of cyclic esters (lactones) is 2. The lowest BCUT2D eigenvalue weighted by Gasteiger charge is -2.25. The van der Waals surface area contributed by atoms with E-state index in [0.717, 1.165) is 5.56 Å². The highest BCUT2D eigenvalue weighted by atomic mass is 35.5. The number of amides is 2. The number of rotatable bonds is 8. The number of carbonyl (C=O) groups is 4. The fraction of sp³-hybridized carbons (Fsp3) is 0.412. The molecule has 0 aromatic heterocycles. The third kappa shape index (κ3) is 11.2. The van der Waals surface area contributed by atoms with E-state index in [2.05, 4.69) is 10.6 Å². The lowest BCUT2D eigenvalue weighted by atomic mass is 9.99. The summed E-state index contributed by atoms with van der Waals surface area (Å²) in [5.41, 5.74) is 1.69. The van der Waals surface area contributed by atoms with Crippen LogP contribution >= 0.6 is 11.6 Å². The van der Waals surface area contributed by atoms with E-state index in [-0.39, 0.29) is 44.1 Å². The Hall–Kier alpha value is -4.11. The zero-order valence-electron chi connectivity index (χ0n) is 25.6. The lowest BCUT2D eigenvalue weighted by molar-refractivity contribution is -0.173. The van der Waals surface area contributed by atoms with Crippen molar-refractivity contribution in [1.29, 1.82) is 0 Å². The normalized spacial score (nSPS) is 21.4. The molecule has 1 aliphatic rings. The summed E-state index contributed by atoms with van der Waals surface area (Å²) in [6, 6.07) is 13.9. The van der Waals surface area contributed by atoms with Gasteiger partial charge in [0.2, 0.25) is 11.8 Å². The maximum absolute atomic E-state index is 13.3. The fourth-order valence-electron chi connectivity index (χ4n) is 4.61. The van der Waals surface area contributed by atoms with Crippen LogP contribution in [0, 0.1) is 11.8 Å². The molecule has 44 heavy (non-hydrogen) atoms. The van der Waals surface area contributed by atoms with Crippen LogP contribution in [-0.4, -0.2) is 55.7 Å². The summed E-state index contributed by atoms with van der Waals surface area (Å²) in [4.78, 5) is 52.0. The average Bonchev–Trinajstić information content (AvgIpc) is 2.98. The molecular weight excluding hydrogens is 584 g/mol. The van der Waals surface area contributed by atoms with Crippen LogP contribution in [0.4, 0.5) is 0 Å². The molecule has 0 fully saturated rings. The average molecular weight is 625 g/mol. The summed E-state index contributed by atoms with van der Waals surface area (Å²) in [5.74, 6) is -1.96. The van der Waals surface area contributed by atoms with Crippen molar-refractivity contribution in [1.82, 2.24) is 10.6 Å². The third-order valence-corrected chi connectivity index (χ3v) is 7.32. The van der Waals surface area contributed by atoms with E-state index in [1.54, 1.807) is 24.3 Å². The van der Waals surface area contributed by atoms with Crippen molar-refractivity contribution in [2.45, 2.75) is 64.7 Å². The molecule has 2 aromatic carbocycles. The van der Waals surface area contributed by atoms with Crippen molar-refractivity contribution in [3.63, 3.8) is 0 Å². The molecule has 0 saturated heterocycles. The summed E-state index contributed by atoms with van der Waals surface area (Å²) >= 11 is 6.27. The minimum Gasteiger partial charge on any atom is -0.495 e. The number of halogens is 1. The summed E-state index contributed by atoms with van der Waals surface area (Å²) in [6.07, 6.45) is 5.54. The quantitative estimate of drug-likeness (QED) is 0.394. The second-order valence-corrected chi connectivity index (χ2v) is 11.5. The number of carbonyl (C=O) groups excluding carboxylic acids is 4. The Morgan fingerprint density at radius 2 is 1.80 bits per heavy atom. The second kappa shape index (κ2) is 17.3. The molecule has 4 atom stereocenters. The van der Waals surface area contributed by atoms with Gasteiger partial charge in [-0.2, -0.15) is 0 Å². The van der Waals surface area contributed by atoms with Gasteiger partial charge in [0, 0.05) is 25.3 Å². The van der Waals surface area contributed by atoms with E-state index in [4.69, 9.17) is 25.8 Å². The molecular formula is C34H41ClN2O7. The predicted molar refractivity (Wildman–Crippen MR) is 169 cm³/mol. The molecule has 2 aromatic rings. The van der Waals surface area contributed by atoms with E-state index in [0.29, 0.717) is 16.3 Å². The summed E-state index contributed by atoms with van der Waals surface area (Å²) in [5, 5.41) is 5.79. The third-order valence-electron chi connectivity index (χ3n) is 7.02. The standard InChI is InChI=1S/C34H41ClN2O7/c1-22(2)19-30-34(41)44-28(23(3)13-14-24-9-6-5-7-10-24)11-8-12-31(38)37-27(33(40)36-18-17-32(39)43-30)21-25-15-16-29(42-4)26(35)20-25/h5-10,12-16,20,22-23,27-28,30H,11,17-19,21H2,1-4H3,(H,36,40)(H,37,38). The molecule has 10 heteroatoms. The van der Waals surface area contributed by atoms with Crippen LogP contribution in [0.1, 0.15) is 51.2 Å². The van der Waals surface area contributed by atoms with Crippen molar-refractivity contribution in [3.05, 3.63) is 82.9 Å². The molecule has 236 valence electrons. The number of esters is 2. The van der Waals surface area contributed by atoms with Crippen LogP contribution in [0.2, 0.25) is 5.02 Å². The van der Waals surface area contributed by atoms with Gasteiger partial charge >= 0.3 is 11.9 Å². The van der Waals surface area contributed by atoms with Gasteiger partial charge in [-0.3, -0.25) is 14.4 Å². The monoisotopic (exact) mass is 624 g/mol. The molecule has 4 unspecified atom stereocenters. The Balaban J connectivity index is 1.86. The number of ether oxygens (including phenoxy) is 3. The first kappa shape index (κ1) is 34.4. The van der Waals surface area contributed by atoms with Gasteiger partial charge in [0.25, 0.3) is 0 Å². The first-order chi connectivity index (χ1) is 21.0. The molecule has 0 saturated carbocycles. The van der Waals surface area contributed by atoms with Crippen molar-refractivity contribution in [2.24, 2.45) is 11.8 Å². The Labute approximate surface area is 264 Å². The number of hydrogen-bond donors (Lipinski definition) is 2. The first-order valence-electron chi connectivity index (χ1n) is 14.8. The highest BCUT2D eigenvalue weighted by Crippen LogP contribution is 2.25. The smallest absolute Gasteiger partial charge is 0.347 e. The first-order valence-corrected chi connectivity index (χ1v) is 15.1. The maximum Gasteiger partial charge on any atom is 0.347 e. The lowest BCUT2D eigenvalue weighted by Crippen LogP contribution is -2.48. The number of nitrogens with one attached hydrogen (secondary N) is 2. The highest BCUT2D eigenvalue weighted by molar-refractivity contribution is 6.32. The Kier molecular flexibility index (Phi) is 13.5. The Bertz CT molecular complexity index is 1340. The zero-order valence-corrected chi connectivity index (χ0v) is 26.3. The SMILES string of the molecule is COc1ccc(CC2NC(=O)C=CCC(C(C)C=Cc3ccccc3)OC(=O)C(CC(C)C)OC(=O)CCNC2=O)cc1Cl. The zero-order chi connectivity index (χ0) is 32.1. The second-order valence-electron chi connectivity index (χ2n) is 11.1. The summed E-state index contributed by atoms with van der Waals surface area (Å²) < 4.78 is 16.6. The van der Waals surface area contributed by atoms with E-state index in [1.165, 1.54) is 13.2 Å². The molecule has 1 aliphatic heterocycles. The number of hydrogen-bond acceptors (Lipinski definition) is 7. The molecule has 0 radical (unpaired) electrons. The van der Waals surface area contributed by atoms with Gasteiger partial charge in [0.15, 0.2) is 6.10 Å². The number of methoxy groups -OCH3 is 1. The molecule has 9 nitrogen and oxygen atoms in total. The van der Waals surface area contributed by atoms with Crippen LogP contribution in [0.3, 0.4) is 0 Å². The van der Waals surface area contributed by atoms with Gasteiger partial charge in [-0.1, -0.05) is 87.0 Å². The van der Waals surface area contributed by atoms with Gasteiger partial charge in [-0.05, 0) is 41.7 Å². The van der Waals surface area contributed by atoms with E-state index < -0.39 is 42.0 Å². The largest absolute Gasteiger partial charge is 0.495 e. The Morgan fingerprint density at radius 1 is 1.05 bits per heavy atom. The van der Waals surface area contributed by atoms with Gasteiger partial charge in [0.05, 0.1) is 18.6 Å². The van der Waals surface area contributed by atoms with Crippen LogP contribution < -0.4 is 15.4 Å². The minimum absolute atomic E-state index is 0.0450. The van der Waals surface area contributed by atoms with Crippen LogP contribution in [0.15, 0.2) is 66.8 Å². The van der Waals surface area contributed by atoms with E-state index >= 15 is 0 Å². The van der Waals surface area contributed by atoms with E-state index in [1.807, 2.05) is 63.3 Å². The molecule has 0 bridgehead atoms. The minimum atomic E-state index is -1.10. The van der Waals surface area contributed by atoms with Gasteiger partial charge in [-0.25, -0.2) is 4.79 Å². The van der Waals surface area contributed by atoms with Crippen molar-refractivity contribution in [3.8, 4) is 5.75 Å². The molecule has 1 heterocycles. The van der Waals surface area contributed by atoms with Gasteiger partial charge in [0.1, 0.15) is 17.9 Å². The molecule has 3 rings (SSSR count). The Morgan fingerprint density at radius 3 is 2.48 bits per heavy atom. The molecule has 0 aliphatic carbocycles. The van der Waals surface area contributed by atoms with Crippen molar-refractivity contribution >= 4 is 41.4 Å². The maximum atomic E-state index is 13.3. The van der Waals surface area contributed by atoms with Crippen molar-refractivity contribution < 1.29 is 33.4 Å². The number of benzene rings is 2. The van der Waals surface area contributed by atoms with Gasteiger partial charge < -0.3 is 24.8 Å².